The highest BCUT2D eigenvalue weighted by Crippen LogP contribution is 2.23. The average molecular weight is 324 g/mol. The van der Waals surface area contributed by atoms with Crippen molar-refractivity contribution in [2.75, 3.05) is 5.32 Å². The summed E-state index contributed by atoms with van der Waals surface area (Å²) in [5.74, 6) is -0.712. The Morgan fingerprint density at radius 2 is 2.00 bits per heavy atom. The molecule has 0 saturated heterocycles. The fourth-order valence-corrected chi connectivity index (χ4v) is 2.39. The Balaban J connectivity index is 2.06. The number of fused-ring (bicyclic) bond motifs is 1. The number of carbonyl (C=O) groups excluding carboxylic acids is 1. The van der Waals surface area contributed by atoms with Gasteiger partial charge in [0.05, 0.1) is 4.92 Å². The molecule has 0 atom stereocenters. The molecule has 1 N–H and O–H groups in total. The van der Waals surface area contributed by atoms with Crippen molar-refractivity contribution in [1.82, 2.24) is 9.55 Å². The molecule has 0 aliphatic carbocycles. The molecule has 0 fully saturated rings. The Bertz CT molecular complexity index is 1030. The zero-order chi connectivity index (χ0) is 17.3. The third-order valence-electron chi connectivity index (χ3n) is 3.56. The van der Waals surface area contributed by atoms with E-state index in [9.17, 15) is 19.7 Å². The molecule has 0 unspecified atom stereocenters. The monoisotopic (exact) mass is 324 g/mol. The average Bonchev–Trinajstić information content (AvgIpc) is 2.58. The van der Waals surface area contributed by atoms with Gasteiger partial charge in [-0.25, -0.2) is 4.98 Å². The lowest BCUT2D eigenvalue weighted by molar-refractivity contribution is -0.383. The fraction of sp³-hybridized carbons (Fsp3) is 0.0625. The summed E-state index contributed by atoms with van der Waals surface area (Å²) in [4.78, 5) is 39.3. The van der Waals surface area contributed by atoms with Crippen LogP contribution in [0, 0.1) is 10.1 Å². The normalized spacial score (nSPS) is 10.5. The molecule has 120 valence electrons. The summed E-state index contributed by atoms with van der Waals surface area (Å²) in [5, 5.41) is 14.1. The Hall–Kier alpha value is -3.55. The van der Waals surface area contributed by atoms with E-state index in [1.165, 1.54) is 35.9 Å². The Morgan fingerprint density at radius 3 is 2.75 bits per heavy atom. The van der Waals surface area contributed by atoms with Crippen molar-refractivity contribution in [3.05, 3.63) is 74.7 Å². The number of aryl methyl sites for hydroxylation is 1. The topological polar surface area (TPSA) is 107 Å². The molecule has 2 heterocycles. The van der Waals surface area contributed by atoms with Crippen LogP contribution in [0.4, 0.5) is 11.4 Å². The van der Waals surface area contributed by atoms with E-state index in [1.807, 2.05) is 0 Å². The van der Waals surface area contributed by atoms with Gasteiger partial charge >= 0.3 is 0 Å². The third-order valence-corrected chi connectivity index (χ3v) is 3.56. The standard InChI is InChI=1S/C16H12N4O4/c1-19-14-10(5-4-8-17-14)9-11(16(19)22)15(21)18-12-6-2-3-7-13(12)20(23)24/h2-9H,1H3,(H,18,21). The first-order valence-corrected chi connectivity index (χ1v) is 6.98. The zero-order valence-electron chi connectivity index (χ0n) is 12.6. The summed E-state index contributed by atoms with van der Waals surface area (Å²) in [7, 11) is 1.51. The number of para-hydroxylation sites is 2. The molecule has 0 aliphatic heterocycles. The second-order valence-corrected chi connectivity index (χ2v) is 5.07. The van der Waals surface area contributed by atoms with Crippen molar-refractivity contribution in [2.24, 2.45) is 7.05 Å². The van der Waals surface area contributed by atoms with E-state index in [1.54, 1.807) is 24.4 Å². The van der Waals surface area contributed by atoms with E-state index in [0.717, 1.165) is 0 Å². The van der Waals surface area contributed by atoms with Crippen LogP contribution in [0.15, 0.2) is 53.5 Å². The number of benzene rings is 1. The van der Waals surface area contributed by atoms with Crippen LogP contribution in [0.25, 0.3) is 11.0 Å². The van der Waals surface area contributed by atoms with E-state index in [-0.39, 0.29) is 16.9 Å². The van der Waals surface area contributed by atoms with E-state index in [0.29, 0.717) is 11.0 Å². The van der Waals surface area contributed by atoms with Gasteiger partial charge in [-0.2, -0.15) is 0 Å². The van der Waals surface area contributed by atoms with Crippen molar-refractivity contribution in [1.29, 1.82) is 0 Å². The lowest BCUT2D eigenvalue weighted by atomic mass is 10.2. The van der Waals surface area contributed by atoms with Crippen LogP contribution in [0.3, 0.4) is 0 Å². The van der Waals surface area contributed by atoms with Crippen LogP contribution in [-0.4, -0.2) is 20.4 Å². The number of aromatic nitrogens is 2. The Labute approximate surface area is 135 Å². The van der Waals surface area contributed by atoms with Gasteiger partial charge in [0.25, 0.3) is 17.2 Å². The predicted molar refractivity (Wildman–Crippen MR) is 88.0 cm³/mol. The first-order valence-electron chi connectivity index (χ1n) is 6.98. The van der Waals surface area contributed by atoms with E-state index >= 15 is 0 Å². The number of hydrogen-bond donors (Lipinski definition) is 1. The van der Waals surface area contributed by atoms with E-state index < -0.39 is 16.4 Å². The predicted octanol–water partition coefficient (Wildman–Crippen LogP) is 2.09. The number of nitrogens with one attached hydrogen (secondary N) is 1. The number of carbonyl (C=O) groups is 1. The summed E-state index contributed by atoms with van der Waals surface area (Å²) in [6.45, 7) is 0. The van der Waals surface area contributed by atoms with Gasteiger partial charge in [0.2, 0.25) is 0 Å². The van der Waals surface area contributed by atoms with Gasteiger partial charge in [-0.15, -0.1) is 0 Å². The number of hydrogen-bond acceptors (Lipinski definition) is 5. The molecule has 0 bridgehead atoms. The number of anilines is 1. The maximum Gasteiger partial charge on any atom is 0.292 e. The van der Waals surface area contributed by atoms with Crippen molar-refractivity contribution in [3.63, 3.8) is 0 Å². The highest BCUT2D eigenvalue weighted by Gasteiger charge is 2.19. The molecule has 1 amide bonds. The molecule has 8 heteroatoms. The highest BCUT2D eigenvalue weighted by molar-refractivity contribution is 6.06. The number of rotatable bonds is 3. The molecule has 0 saturated carbocycles. The summed E-state index contributed by atoms with van der Waals surface area (Å²) in [6.07, 6.45) is 1.55. The lowest BCUT2D eigenvalue weighted by Gasteiger charge is -2.09. The van der Waals surface area contributed by atoms with Gasteiger partial charge in [-0.3, -0.25) is 24.3 Å². The molecule has 8 nitrogen and oxygen atoms in total. The largest absolute Gasteiger partial charge is 0.316 e. The lowest BCUT2D eigenvalue weighted by Crippen LogP contribution is -2.28. The maximum absolute atomic E-state index is 12.4. The molecule has 2 aromatic heterocycles. The van der Waals surface area contributed by atoms with Gasteiger partial charge in [-0.1, -0.05) is 12.1 Å². The first-order chi connectivity index (χ1) is 11.5. The van der Waals surface area contributed by atoms with Gasteiger partial charge in [0.1, 0.15) is 16.9 Å². The van der Waals surface area contributed by atoms with Crippen LogP contribution in [0.1, 0.15) is 10.4 Å². The highest BCUT2D eigenvalue weighted by atomic mass is 16.6. The van der Waals surface area contributed by atoms with Gasteiger partial charge in [0.15, 0.2) is 0 Å². The van der Waals surface area contributed by atoms with Crippen LogP contribution in [0.2, 0.25) is 0 Å². The molecular formula is C16H12N4O4. The second-order valence-electron chi connectivity index (χ2n) is 5.07. The fourth-order valence-electron chi connectivity index (χ4n) is 2.39. The van der Waals surface area contributed by atoms with Crippen LogP contribution in [-0.2, 0) is 7.05 Å². The minimum atomic E-state index is -0.712. The van der Waals surface area contributed by atoms with Crippen molar-refractivity contribution < 1.29 is 9.72 Å². The van der Waals surface area contributed by atoms with Crippen molar-refractivity contribution >= 4 is 28.3 Å². The van der Waals surface area contributed by atoms with Crippen LogP contribution in [0.5, 0.6) is 0 Å². The molecule has 3 rings (SSSR count). The summed E-state index contributed by atoms with van der Waals surface area (Å²) < 4.78 is 1.27. The molecule has 24 heavy (non-hydrogen) atoms. The summed E-state index contributed by atoms with van der Waals surface area (Å²) in [5.41, 5.74) is -0.413. The smallest absolute Gasteiger partial charge is 0.292 e. The molecule has 1 aromatic carbocycles. The third kappa shape index (κ3) is 2.60. The molecule has 3 aromatic rings. The summed E-state index contributed by atoms with van der Waals surface area (Å²) in [6, 6.07) is 10.6. The SMILES string of the molecule is Cn1c(=O)c(C(=O)Nc2ccccc2[N+](=O)[O-])cc2cccnc21. The number of amides is 1. The Morgan fingerprint density at radius 1 is 1.25 bits per heavy atom. The number of nitro benzene ring substituents is 1. The zero-order valence-corrected chi connectivity index (χ0v) is 12.6. The quantitative estimate of drug-likeness (QED) is 0.586. The number of pyridine rings is 2. The second kappa shape index (κ2) is 5.92. The van der Waals surface area contributed by atoms with Crippen LogP contribution < -0.4 is 10.9 Å². The van der Waals surface area contributed by atoms with Gasteiger partial charge in [-0.05, 0) is 24.3 Å². The number of nitro groups is 1. The molecule has 0 aliphatic rings. The van der Waals surface area contributed by atoms with Gasteiger partial charge < -0.3 is 5.32 Å². The molecular weight excluding hydrogens is 312 g/mol. The van der Waals surface area contributed by atoms with Crippen LogP contribution >= 0.6 is 0 Å². The number of nitrogens with zero attached hydrogens (tertiary/aromatic N) is 3. The van der Waals surface area contributed by atoms with Crippen molar-refractivity contribution in [2.45, 2.75) is 0 Å². The van der Waals surface area contributed by atoms with Gasteiger partial charge in [0, 0.05) is 24.7 Å². The summed E-state index contributed by atoms with van der Waals surface area (Å²) >= 11 is 0. The van der Waals surface area contributed by atoms with E-state index in [2.05, 4.69) is 10.3 Å². The Kier molecular flexibility index (Phi) is 3.78. The van der Waals surface area contributed by atoms with Crippen molar-refractivity contribution in [3.8, 4) is 0 Å². The maximum atomic E-state index is 12.4. The first kappa shape index (κ1) is 15.3. The minimum Gasteiger partial charge on any atom is -0.316 e. The van der Waals surface area contributed by atoms with E-state index in [4.69, 9.17) is 0 Å². The minimum absolute atomic E-state index is 0.0286. The molecule has 0 spiro atoms. The molecule has 0 radical (unpaired) electrons.